The minimum Gasteiger partial charge on any atom is -0.347 e. The van der Waals surface area contributed by atoms with Gasteiger partial charge in [0.1, 0.15) is 0 Å². The van der Waals surface area contributed by atoms with E-state index in [2.05, 4.69) is 15.5 Å². The second-order valence-corrected chi connectivity index (χ2v) is 3.99. The fraction of sp³-hybridized carbons (Fsp3) is 0.600. The molecule has 4 N–H and O–H groups in total. The summed E-state index contributed by atoms with van der Waals surface area (Å²) in [5.74, 6) is -0.118. The van der Waals surface area contributed by atoms with E-state index in [9.17, 15) is 4.79 Å². The van der Waals surface area contributed by atoms with Gasteiger partial charge >= 0.3 is 0 Å². The maximum atomic E-state index is 11.8. The molecular formula is C10H17ClN4O. The summed E-state index contributed by atoms with van der Waals surface area (Å²) in [6.07, 6.45) is 3.06. The lowest BCUT2D eigenvalue weighted by atomic mass is 10.2. The van der Waals surface area contributed by atoms with Crippen LogP contribution in [0.25, 0.3) is 0 Å². The average molecular weight is 245 g/mol. The first kappa shape index (κ1) is 13.0. The van der Waals surface area contributed by atoms with E-state index in [4.69, 9.17) is 5.73 Å². The van der Waals surface area contributed by atoms with E-state index < -0.39 is 0 Å². The highest BCUT2D eigenvalue weighted by Crippen LogP contribution is 2.22. The zero-order chi connectivity index (χ0) is 10.8. The van der Waals surface area contributed by atoms with Crippen molar-refractivity contribution in [2.24, 2.45) is 5.73 Å². The van der Waals surface area contributed by atoms with Gasteiger partial charge in [0, 0.05) is 23.8 Å². The predicted molar refractivity (Wildman–Crippen MR) is 63.8 cm³/mol. The summed E-state index contributed by atoms with van der Waals surface area (Å²) >= 11 is 0. The van der Waals surface area contributed by atoms with Crippen LogP contribution >= 0.6 is 12.4 Å². The number of rotatable bonds is 3. The van der Waals surface area contributed by atoms with Crippen LogP contribution in [0.4, 0.5) is 0 Å². The van der Waals surface area contributed by atoms with Crippen molar-refractivity contribution >= 4 is 18.3 Å². The van der Waals surface area contributed by atoms with Gasteiger partial charge in [-0.3, -0.25) is 9.89 Å². The molecule has 0 spiro atoms. The van der Waals surface area contributed by atoms with Crippen molar-refractivity contribution < 1.29 is 4.79 Å². The monoisotopic (exact) mass is 244 g/mol. The Morgan fingerprint density at radius 1 is 1.62 bits per heavy atom. The number of nitrogens with two attached hydrogens (primary N) is 1. The van der Waals surface area contributed by atoms with Gasteiger partial charge in [-0.2, -0.15) is 5.10 Å². The fourth-order valence-electron chi connectivity index (χ4n) is 1.86. The van der Waals surface area contributed by atoms with Crippen molar-refractivity contribution in [3.63, 3.8) is 0 Å². The van der Waals surface area contributed by atoms with Crippen molar-refractivity contribution in [3.8, 4) is 0 Å². The molecule has 1 atom stereocenters. The molecule has 0 aliphatic heterocycles. The van der Waals surface area contributed by atoms with Crippen molar-refractivity contribution in [1.29, 1.82) is 0 Å². The second kappa shape index (κ2) is 5.32. The first-order valence-corrected chi connectivity index (χ1v) is 5.29. The topological polar surface area (TPSA) is 83.8 Å². The highest BCUT2D eigenvalue weighted by atomic mass is 35.5. The number of fused-ring (bicyclic) bond motifs is 1. The van der Waals surface area contributed by atoms with E-state index in [1.807, 2.05) is 6.92 Å². The summed E-state index contributed by atoms with van der Waals surface area (Å²) < 4.78 is 0. The number of nitrogens with one attached hydrogen (secondary N) is 2. The molecule has 16 heavy (non-hydrogen) atoms. The van der Waals surface area contributed by atoms with Gasteiger partial charge in [-0.25, -0.2) is 0 Å². The fourth-order valence-corrected chi connectivity index (χ4v) is 1.86. The van der Waals surface area contributed by atoms with E-state index >= 15 is 0 Å². The molecule has 6 heteroatoms. The number of halogens is 1. The largest absolute Gasteiger partial charge is 0.347 e. The molecule has 1 aliphatic carbocycles. The van der Waals surface area contributed by atoms with Crippen LogP contribution in [0.3, 0.4) is 0 Å². The van der Waals surface area contributed by atoms with Crippen molar-refractivity contribution in [1.82, 2.24) is 15.5 Å². The van der Waals surface area contributed by atoms with Crippen LogP contribution in [0.2, 0.25) is 0 Å². The average Bonchev–Trinajstić information content (AvgIpc) is 2.77. The Balaban J connectivity index is 0.00000128. The second-order valence-electron chi connectivity index (χ2n) is 3.99. The maximum Gasteiger partial charge on any atom is 0.272 e. The SMILES string of the molecule is C[C@H](CN)NC(=O)c1n[nH]c2c1CCC2.Cl. The molecular weight excluding hydrogens is 228 g/mol. The molecule has 0 unspecified atom stereocenters. The van der Waals surface area contributed by atoms with Crippen molar-refractivity contribution in [3.05, 3.63) is 17.0 Å². The van der Waals surface area contributed by atoms with Gasteiger partial charge in [0.05, 0.1) is 0 Å². The summed E-state index contributed by atoms with van der Waals surface area (Å²) in [5, 5.41) is 9.78. The summed E-state index contributed by atoms with van der Waals surface area (Å²) in [4.78, 5) is 11.8. The number of H-pyrrole nitrogens is 1. The Morgan fingerprint density at radius 2 is 2.38 bits per heavy atom. The van der Waals surface area contributed by atoms with E-state index in [0.29, 0.717) is 12.2 Å². The zero-order valence-corrected chi connectivity index (χ0v) is 10.1. The molecule has 90 valence electrons. The van der Waals surface area contributed by atoms with Crippen LogP contribution < -0.4 is 11.1 Å². The molecule has 0 saturated heterocycles. The van der Waals surface area contributed by atoms with Gasteiger partial charge in [0.15, 0.2) is 5.69 Å². The molecule has 1 aromatic rings. The number of nitrogens with zero attached hydrogens (tertiary/aromatic N) is 1. The van der Waals surface area contributed by atoms with Crippen LogP contribution in [0.15, 0.2) is 0 Å². The van der Waals surface area contributed by atoms with Gasteiger partial charge in [0.2, 0.25) is 0 Å². The lowest BCUT2D eigenvalue weighted by Gasteiger charge is -2.10. The number of hydrogen-bond acceptors (Lipinski definition) is 3. The van der Waals surface area contributed by atoms with Crippen molar-refractivity contribution in [2.45, 2.75) is 32.2 Å². The lowest BCUT2D eigenvalue weighted by Crippen LogP contribution is -2.38. The van der Waals surface area contributed by atoms with Crippen LogP contribution in [-0.2, 0) is 12.8 Å². The Hall–Kier alpha value is -1.07. The Bertz CT molecular complexity index is 377. The Labute approximate surface area is 101 Å². The standard InChI is InChI=1S/C10H16N4O.ClH/c1-6(5-11)12-10(15)9-7-3-2-4-8(7)13-14-9;/h6H,2-5,11H2,1H3,(H,12,15)(H,13,14);1H/t6-;/m1./s1. The van der Waals surface area contributed by atoms with E-state index in [0.717, 1.165) is 30.5 Å². The van der Waals surface area contributed by atoms with Crippen LogP contribution in [0, 0.1) is 0 Å². The predicted octanol–water partition coefficient (Wildman–Crippen LogP) is 0.397. The van der Waals surface area contributed by atoms with Crippen LogP contribution in [0.5, 0.6) is 0 Å². The molecule has 1 aromatic heterocycles. The van der Waals surface area contributed by atoms with E-state index in [1.165, 1.54) is 0 Å². The van der Waals surface area contributed by atoms with Crippen molar-refractivity contribution in [2.75, 3.05) is 6.54 Å². The number of carbonyl (C=O) groups excluding carboxylic acids is 1. The summed E-state index contributed by atoms with van der Waals surface area (Å²) in [7, 11) is 0. The quantitative estimate of drug-likeness (QED) is 0.720. The third kappa shape index (κ3) is 2.36. The van der Waals surface area contributed by atoms with Gasteiger partial charge < -0.3 is 11.1 Å². The van der Waals surface area contributed by atoms with Crippen LogP contribution in [0.1, 0.15) is 35.1 Å². The number of aryl methyl sites for hydroxylation is 1. The molecule has 5 nitrogen and oxygen atoms in total. The number of aromatic amines is 1. The highest BCUT2D eigenvalue weighted by molar-refractivity contribution is 5.94. The molecule has 1 amide bonds. The molecule has 0 bridgehead atoms. The first-order valence-electron chi connectivity index (χ1n) is 5.29. The minimum atomic E-state index is -0.118. The van der Waals surface area contributed by atoms with E-state index in [1.54, 1.807) is 0 Å². The summed E-state index contributed by atoms with van der Waals surface area (Å²) in [6, 6.07) is -0.00810. The molecule has 0 aromatic carbocycles. The molecule has 0 saturated carbocycles. The first-order chi connectivity index (χ1) is 7.22. The normalized spacial score (nSPS) is 15.1. The Kier molecular flexibility index (Phi) is 4.32. The number of aromatic nitrogens is 2. The molecule has 0 fully saturated rings. The molecule has 0 radical (unpaired) electrons. The Morgan fingerprint density at radius 3 is 3.06 bits per heavy atom. The number of carbonyl (C=O) groups is 1. The van der Waals surface area contributed by atoms with E-state index in [-0.39, 0.29) is 24.4 Å². The third-order valence-corrected chi connectivity index (χ3v) is 2.75. The van der Waals surface area contributed by atoms with Gasteiger partial charge in [-0.1, -0.05) is 0 Å². The highest BCUT2D eigenvalue weighted by Gasteiger charge is 2.23. The summed E-state index contributed by atoms with van der Waals surface area (Å²) in [5.41, 5.74) is 8.18. The lowest BCUT2D eigenvalue weighted by molar-refractivity contribution is 0.0935. The zero-order valence-electron chi connectivity index (χ0n) is 9.25. The minimum absolute atomic E-state index is 0. The maximum absolute atomic E-state index is 11.8. The summed E-state index contributed by atoms with van der Waals surface area (Å²) in [6.45, 7) is 2.32. The van der Waals surface area contributed by atoms with Gasteiger partial charge in [-0.15, -0.1) is 12.4 Å². The molecule has 2 rings (SSSR count). The van der Waals surface area contributed by atoms with Gasteiger partial charge in [-0.05, 0) is 26.2 Å². The van der Waals surface area contributed by atoms with Crippen LogP contribution in [-0.4, -0.2) is 28.7 Å². The molecule has 1 aliphatic rings. The number of hydrogen-bond donors (Lipinski definition) is 3. The number of amides is 1. The smallest absolute Gasteiger partial charge is 0.272 e. The van der Waals surface area contributed by atoms with Gasteiger partial charge in [0.25, 0.3) is 5.91 Å². The molecule has 1 heterocycles. The third-order valence-electron chi connectivity index (χ3n) is 2.75.